The lowest BCUT2D eigenvalue weighted by Gasteiger charge is -2.29. The van der Waals surface area contributed by atoms with Crippen LogP contribution in [0.4, 0.5) is 24.5 Å². The van der Waals surface area contributed by atoms with E-state index in [2.05, 4.69) is 5.32 Å². The highest BCUT2D eigenvalue weighted by Crippen LogP contribution is 2.54. The summed E-state index contributed by atoms with van der Waals surface area (Å²) in [5, 5.41) is 2.23. The largest absolute Gasteiger partial charge is 0.469 e. The third kappa shape index (κ3) is 4.87. The van der Waals surface area contributed by atoms with Crippen LogP contribution in [0.5, 0.6) is 0 Å². The fourth-order valence-corrected chi connectivity index (χ4v) is 7.87. The molecule has 4 heterocycles. The average molecular weight is 620 g/mol. The van der Waals surface area contributed by atoms with Gasteiger partial charge in [0.2, 0.25) is 17.7 Å². The van der Waals surface area contributed by atoms with E-state index in [1.807, 2.05) is 0 Å². The average Bonchev–Trinajstić information content (AvgIpc) is 3.62. The summed E-state index contributed by atoms with van der Waals surface area (Å²) in [6.45, 7) is -0.515. The van der Waals surface area contributed by atoms with Crippen LogP contribution in [0, 0.1) is 5.92 Å². The fraction of sp³-hybridized carbons (Fsp3) is 0.185. The van der Waals surface area contributed by atoms with E-state index in [1.54, 1.807) is 36.4 Å². The Morgan fingerprint density at radius 1 is 1.02 bits per heavy atom. The monoisotopic (exact) mass is 619 g/mol. The van der Waals surface area contributed by atoms with Crippen molar-refractivity contribution in [2.75, 3.05) is 10.2 Å². The zero-order chi connectivity index (χ0) is 29.1. The lowest BCUT2D eigenvalue weighted by atomic mass is 9.87. The van der Waals surface area contributed by atoms with Gasteiger partial charge in [-0.1, -0.05) is 40.8 Å². The number of furan rings is 1. The van der Waals surface area contributed by atoms with Crippen LogP contribution in [0.2, 0.25) is 5.02 Å². The molecule has 1 N–H and O–H groups in total. The third-order valence-electron chi connectivity index (χ3n) is 6.76. The second kappa shape index (κ2) is 10.2. The summed E-state index contributed by atoms with van der Waals surface area (Å²) in [5.41, 5.74) is -0.671. The Labute approximate surface area is 242 Å². The number of amides is 3. The lowest BCUT2D eigenvalue weighted by molar-refractivity contribution is -0.137. The van der Waals surface area contributed by atoms with Gasteiger partial charge in [-0.25, -0.2) is 4.90 Å². The van der Waals surface area contributed by atoms with E-state index < -0.39 is 58.0 Å². The number of halogens is 4. The minimum absolute atomic E-state index is 0.0849. The van der Waals surface area contributed by atoms with Crippen molar-refractivity contribution in [1.29, 1.82) is 0 Å². The maximum absolute atomic E-state index is 13.7. The molecule has 0 saturated carbocycles. The van der Waals surface area contributed by atoms with Crippen LogP contribution in [0.3, 0.4) is 0 Å². The highest BCUT2D eigenvalue weighted by Gasteiger charge is 2.57. The fourth-order valence-electron chi connectivity index (χ4n) is 4.99. The second-order valence-electron chi connectivity index (χ2n) is 9.30. The molecule has 1 fully saturated rings. The number of fused-ring (bicyclic) bond motifs is 2. The minimum atomic E-state index is -4.59. The van der Waals surface area contributed by atoms with Crippen LogP contribution in [0.15, 0.2) is 81.2 Å². The summed E-state index contributed by atoms with van der Waals surface area (Å²) in [6, 6.07) is 13.7. The van der Waals surface area contributed by atoms with Crippen LogP contribution >= 0.6 is 34.7 Å². The zero-order valence-electron chi connectivity index (χ0n) is 20.6. The minimum Gasteiger partial charge on any atom is -0.469 e. The highest BCUT2D eigenvalue weighted by atomic mass is 35.5. The first-order chi connectivity index (χ1) is 19.5. The van der Waals surface area contributed by atoms with E-state index >= 15 is 0 Å². The van der Waals surface area contributed by atoms with E-state index in [0.29, 0.717) is 26.4 Å². The topological polar surface area (TPSA) is 102 Å². The number of anilines is 2. The smallest absolute Gasteiger partial charge is 0.416 e. The van der Waals surface area contributed by atoms with Gasteiger partial charge in [0.1, 0.15) is 17.6 Å². The van der Waals surface area contributed by atoms with Crippen molar-refractivity contribution >= 4 is 63.8 Å². The van der Waals surface area contributed by atoms with E-state index in [-0.39, 0.29) is 5.69 Å². The Morgan fingerprint density at radius 2 is 1.78 bits per heavy atom. The Hall–Kier alpha value is -3.81. The molecule has 41 heavy (non-hydrogen) atoms. The number of nitrogens with one attached hydrogen (secondary N) is 1. The number of imide groups is 1. The first-order valence-corrected chi connectivity index (χ1v) is 14.1. The van der Waals surface area contributed by atoms with Crippen molar-refractivity contribution in [1.82, 2.24) is 4.57 Å². The van der Waals surface area contributed by atoms with Gasteiger partial charge < -0.3 is 9.73 Å². The van der Waals surface area contributed by atoms with Gasteiger partial charge >= 0.3 is 11.0 Å². The van der Waals surface area contributed by atoms with Gasteiger partial charge in [-0.2, -0.15) is 13.2 Å². The van der Waals surface area contributed by atoms with Crippen LogP contribution in [0.25, 0.3) is 0 Å². The zero-order valence-corrected chi connectivity index (χ0v) is 22.9. The molecule has 0 radical (unpaired) electrons. The molecule has 0 bridgehead atoms. The quantitative estimate of drug-likeness (QED) is 0.292. The SMILES string of the molecule is O=C(Cn1c2c(sc1=O)[C@H](c1ccco1)C1C(=O)N(c3ccc(Cl)cc3)C(=O)C1S2)Nc1cccc(C(F)(F)F)c1. The molecule has 210 valence electrons. The summed E-state index contributed by atoms with van der Waals surface area (Å²) in [5.74, 6) is -2.97. The third-order valence-corrected chi connectivity index (χ3v) is 9.61. The maximum Gasteiger partial charge on any atom is 0.416 e. The molecule has 1 saturated heterocycles. The highest BCUT2D eigenvalue weighted by molar-refractivity contribution is 8.00. The summed E-state index contributed by atoms with van der Waals surface area (Å²) in [6.07, 6.45) is -3.17. The molecule has 8 nitrogen and oxygen atoms in total. The summed E-state index contributed by atoms with van der Waals surface area (Å²) in [4.78, 5) is 54.4. The van der Waals surface area contributed by atoms with Crippen molar-refractivity contribution in [3.05, 3.63) is 97.8 Å². The van der Waals surface area contributed by atoms with Crippen LogP contribution in [0.1, 0.15) is 22.1 Å². The summed E-state index contributed by atoms with van der Waals surface area (Å²) >= 11 is 7.82. The van der Waals surface area contributed by atoms with Crippen molar-refractivity contribution in [2.45, 2.75) is 28.9 Å². The molecular weight excluding hydrogens is 603 g/mol. The van der Waals surface area contributed by atoms with Gasteiger partial charge in [-0.05, 0) is 54.6 Å². The van der Waals surface area contributed by atoms with E-state index in [1.165, 1.54) is 16.9 Å². The van der Waals surface area contributed by atoms with E-state index in [4.69, 9.17) is 16.0 Å². The van der Waals surface area contributed by atoms with Gasteiger partial charge in [-0.3, -0.25) is 23.7 Å². The van der Waals surface area contributed by atoms with Gasteiger partial charge in [0.05, 0.1) is 39.3 Å². The maximum atomic E-state index is 13.7. The second-order valence-corrected chi connectivity index (χ2v) is 11.9. The lowest BCUT2D eigenvalue weighted by Crippen LogP contribution is -2.32. The molecule has 2 unspecified atom stereocenters. The number of alkyl halides is 3. The van der Waals surface area contributed by atoms with Crippen LogP contribution < -0.4 is 15.1 Å². The number of thiazole rings is 1. The Kier molecular flexibility index (Phi) is 6.83. The standard InChI is InChI=1S/C27H17ClF3N3O5S2/c28-14-6-8-16(9-7-14)34-23(36)20-19(17-5-2-10-39-17)22-25(40-21(20)24(34)37)33(26(38)41-22)12-18(35)32-15-4-1-3-13(11-15)27(29,30)31/h1-11,19-21H,12H2,(H,32,35)/t19-,20?,21?/m1/s1. The molecule has 2 aliphatic heterocycles. The molecule has 3 atom stereocenters. The summed E-state index contributed by atoms with van der Waals surface area (Å²) < 4.78 is 46.1. The Bertz CT molecular complexity index is 1730. The van der Waals surface area contributed by atoms with Crippen LogP contribution in [-0.2, 0) is 27.1 Å². The van der Waals surface area contributed by atoms with Crippen molar-refractivity contribution in [2.24, 2.45) is 5.92 Å². The van der Waals surface area contributed by atoms with Crippen LogP contribution in [-0.4, -0.2) is 27.5 Å². The molecule has 0 spiro atoms. The Balaban J connectivity index is 1.35. The van der Waals surface area contributed by atoms with Gasteiger partial charge in [0.15, 0.2) is 0 Å². The number of carbonyl (C=O) groups excluding carboxylic acids is 3. The normalized spacial score (nSPS) is 20.2. The molecular formula is C27H17ClF3N3O5S2. The number of hydrogen-bond donors (Lipinski definition) is 1. The van der Waals surface area contributed by atoms with Crippen molar-refractivity contribution in [3.63, 3.8) is 0 Å². The molecule has 2 aromatic carbocycles. The number of hydrogen-bond acceptors (Lipinski definition) is 7. The molecule has 3 amide bonds. The van der Waals surface area contributed by atoms with Crippen molar-refractivity contribution < 1.29 is 32.0 Å². The predicted octanol–water partition coefficient (Wildman–Crippen LogP) is 5.61. The van der Waals surface area contributed by atoms with Gasteiger partial charge in [0.25, 0.3) is 0 Å². The predicted molar refractivity (Wildman–Crippen MR) is 146 cm³/mol. The molecule has 4 aromatic rings. The first-order valence-electron chi connectivity index (χ1n) is 12.1. The Morgan fingerprint density at radius 3 is 2.46 bits per heavy atom. The number of carbonyl (C=O) groups is 3. The van der Waals surface area contributed by atoms with E-state index in [0.717, 1.165) is 46.2 Å². The number of benzene rings is 2. The first kappa shape index (κ1) is 27.4. The van der Waals surface area contributed by atoms with E-state index in [9.17, 15) is 32.3 Å². The number of thioether (sulfide) groups is 1. The van der Waals surface area contributed by atoms with Gasteiger partial charge in [0, 0.05) is 10.7 Å². The molecule has 14 heteroatoms. The number of aromatic nitrogens is 1. The molecule has 0 aliphatic carbocycles. The summed E-state index contributed by atoms with van der Waals surface area (Å²) in [7, 11) is 0. The molecule has 2 aromatic heterocycles. The van der Waals surface area contributed by atoms with Crippen molar-refractivity contribution in [3.8, 4) is 0 Å². The van der Waals surface area contributed by atoms with Gasteiger partial charge in [-0.15, -0.1) is 0 Å². The molecule has 6 rings (SSSR count). The number of nitrogens with zero attached hydrogens (tertiary/aromatic N) is 2. The molecule has 2 aliphatic rings. The number of rotatable bonds is 5.